The summed E-state index contributed by atoms with van der Waals surface area (Å²) in [5.41, 5.74) is 8.92. The summed E-state index contributed by atoms with van der Waals surface area (Å²) < 4.78 is 18.3. The van der Waals surface area contributed by atoms with Crippen LogP contribution in [-0.2, 0) is 20.8 Å². The first-order valence-electron chi connectivity index (χ1n) is 20.3. The van der Waals surface area contributed by atoms with E-state index in [1.165, 1.54) is 41.1 Å². The number of hydrogen-bond donors (Lipinski definition) is 2. The number of likely N-dealkylation sites (N-methyl/N-ethyl adjacent to an activating group) is 1. The van der Waals surface area contributed by atoms with Crippen molar-refractivity contribution in [3.05, 3.63) is 124 Å². The summed E-state index contributed by atoms with van der Waals surface area (Å²) >= 11 is 3.66. The zero-order valence-electron chi connectivity index (χ0n) is 34.7. The second kappa shape index (κ2) is 13.9. The first-order chi connectivity index (χ1) is 28.8. The molecule has 60 heavy (non-hydrogen) atoms. The van der Waals surface area contributed by atoms with Crippen molar-refractivity contribution in [1.29, 1.82) is 0 Å². The van der Waals surface area contributed by atoms with E-state index < -0.39 is 5.97 Å². The molecule has 2 aromatic heterocycles. The SMILES string of the molecule is CCN(CC(=O)O)c1ccc(C2=c3cc4c(cc3Oc3cc5c(cc32)-c2sc3ccccc3c2C(C)(C)N5C)=[N+](C)C(C)(C)c2c-4sc3ccccc23)cc1OCCOO. The van der Waals surface area contributed by atoms with Crippen molar-refractivity contribution in [2.75, 3.05) is 50.2 Å². The summed E-state index contributed by atoms with van der Waals surface area (Å²) in [7, 11) is 4.35. The molecule has 7 aromatic rings. The summed E-state index contributed by atoms with van der Waals surface area (Å²) in [6, 6.07) is 32.4. The van der Waals surface area contributed by atoms with Crippen LogP contribution in [0.3, 0.4) is 0 Å². The molecule has 0 unspecified atom stereocenters. The highest BCUT2D eigenvalue weighted by atomic mass is 32.1. The minimum atomic E-state index is -0.940. The molecule has 10 rings (SSSR count). The third kappa shape index (κ3) is 5.63. The molecule has 3 aliphatic rings. The van der Waals surface area contributed by atoms with Gasteiger partial charge in [-0.2, -0.15) is 0 Å². The van der Waals surface area contributed by atoms with Crippen molar-refractivity contribution in [1.82, 2.24) is 4.58 Å². The molecule has 0 fully saturated rings. The number of aliphatic carboxylic acids is 1. The monoisotopic (exact) mass is 836 g/mol. The lowest BCUT2D eigenvalue weighted by atomic mass is 9.81. The van der Waals surface area contributed by atoms with Crippen LogP contribution in [0.15, 0.2) is 91.0 Å². The summed E-state index contributed by atoms with van der Waals surface area (Å²) in [6.07, 6.45) is 0. The standard InChI is InChI=1S/C49H45N3O6S2/c1-8-52(26-42(53)54)34-18-17-27(21-39(34)56-19-20-57-55)43-32-22-30-35(50(6)48(2,3)44-28-13-9-11-15-40(28)59-46(30)44)24-37(32)58-38-25-36-31(23-33(38)43)47-45(49(4,5)51(36)7)29-14-10-12-16-41(29)60-47/h9-18,21-25H,8,19-20,26H2,1-7H3,(H-,53,54,55)/p+1. The van der Waals surface area contributed by atoms with Gasteiger partial charge in [-0.15, -0.1) is 22.7 Å². The van der Waals surface area contributed by atoms with Gasteiger partial charge in [0, 0.05) is 91.9 Å². The fourth-order valence-corrected chi connectivity index (χ4v) is 12.3. The van der Waals surface area contributed by atoms with E-state index in [0.29, 0.717) is 18.0 Å². The number of anilines is 2. The number of benzene rings is 5. The summed E-state index contributed by atoms with van der Waals surface area (Å²) in [6.45, 7) is 11.4. The van der Waals surface area contributed by atoms with Gasteiger partial charge >= 0.3 is 5.97 Å². The second-order valence-electron chi connectivity index (χ2n) is 16.8. The molecule has 2 N–H and O–H groups in total. The Morgan fingerprint density at radius 3 is 2.20 bits per heavy atom. The highest BCUT2D eigenvalue weighted by Crippen LogP contribution is 2.56. The number of nitrogens with zero attached hydrogens (tertiary/aromatic N) is 3. The first-order valence-corrected chi connectivity index (χ1v) is 21.9. The topological polar surface area (TPSA) is 94.7 Å². The maximum absolute atomic E-state index is 12.0. The zero-order valence-corrected chi connectivity index (χ0v) is 36.3. The minimum Gasteiger partial charge on any atom is -0.489 e. The maximum Gasteiger partial charge on any atom is 0.323 e. The maximum atomic E-state index is 12.0. The van der Waals surface area contributed by atoms with Gasteiger partial charge < -0.3 is 24.4 Å². The van der Waals surface area contributed by atoms with Gasteiger partial charge in [-0.1, -0.05) is 42.5 Å². The molecule has 0 saturated heterocycles. The molecule has 0 aliphatic carbocycles. The van der Waals surface area contributed by atoms with E-state index in [4.69, 9.17) is 9.47 Å². The van der Waals surface area contributed by atoms with E-state index in [1.807, 2.05) is 41.7 Å². The van der Waals surface area contributed by atoms with Crippen molar-refractivity contribution in [3.63, 3.8) is 0 Å². The smallest absolute Gasteiger partial charge is 0.323 e. The molecule has 0 amide bonds. The molecular formula is C49H46N3O6S2+. The van der Waals surface area contributed by atoms with Crippen LogP contribution < -0.4 is 34.4 Å². The van der Waals surface area contributed by atoms with Gasteiger partial charge in [0.2, 0.25) is 5.36 Å². The van der Waals surface area contributed by atoms with Crippen LogP contribution in [0.2, 0.25) is 0 Å². The number of thiophene rings is 2. The first kappa shape index (κ1) is 38.5. The Bertz CT molecular complexity index is 3090. The molecule has 3 aliphatic heterocycles. The lowest BCUT2D eigenvalue weighted by molar-refractivity contribution is -0.245. The van der Waals surface area contributed by atoms with Crippen LogP contribution in [0.5, 0.6) is 17.2 Å². The fraction of sp³-hybridized carbons (Fsp3) is 0.265. The normalized spacial score (nSPS) is 15.4. The van der Waals surface area contributed by atoms with Crippen molar-refractivity contribution in [2.45, 2.75) is 45.7 Å². The van der Waals surface area contributed by atoms with Gasteiger partial charge in [0.25, 0.3) is 0 Å². The Morgan fingerprint density at radius 2 is 1.52 bits per heavy atom. The molecule has 5 aromatic carbocycles. The Balaban J connectivity index is 1.29. The molecule has 0 saturated carbocycles. The molecule has 9 nitrogen and oxygen atoms in total. The molecule has 0 atom stereocenters. The number of carbonyl (C=O) groups is 1. The number of hydrogen-bond acceptors (Lipinski definition) is 9. The molecule has 5 heterocycles. The highest BCUT2D eigenvalue weighted by Gasteiger charge is 2.43. The fourth-order valence-electron chi connectivity index (χ4n) is 9.58. The van der Waals surface area contributed by atoms with Gasteiger partial charge in [0.05, 0.1) is 27.7 Å². The molecule has 11 heteroatoms. The summed E-state index contributed by atoms with van der Waals surface area (Å²) in [5, 5.41) is 23.6. The quantitative estimate of drug-likeness (QED) is 0.0643. The van der Waals surface area contributed by atoms with Crippen molar-refractivity contribution >= 4 is 65.8 Å². The Labute approximate surface area is 356 Å². The van der Waals surface area contributed by atoms with E-state index in [0.717, 1.165) is 55.6 Å². The van der Waals surface area contributed by atoms with Gasteiger partial charge in [-0.05, 0) is 68.1 Å². The molecule has 0 radical (unpaired) electrons. The van der Waals surface area contributed by atoms with Crippen molar-refractivity contribution in [2.24, 2.45) is 0 Å². The van der Waals surface area contributed by atoms with Gasteiger partial charge in [0.15, 0.2) is 5.54 Å². The van der Waals surface area contributed by atoms with E-state index in [1.54, 1.807) is 4.90 Å². The third-order valence-corrected chi connectivity index (χ3v) is 15.4. The zero-order chi connectivity index (χ0) is 41.8. The van der Waals surface area contributed by atoms with Gasteiger partial charge in [0.1, 0.15) is 44.1 Å². The van der Waals surface area contributed by atoms with Crippen molar-refractivity contribution < 1.29 is 29.5 Å². The average molecular weight is 837 g/mol. The Kier molecular flexibility index (Phi) is 8.93. The average Bonchev–Trinajstić information content (AvgIpc) is 3.83. The van der Waals surface area contributed by atoms with Crippen LogP contribution >= 0.6 is 22.7 Å². The molecule has 304 valence electrons. The van der Waals surface area contributed by atoms with Gasteiger partial charge in [-0.25, -0.2) is 9.46 Å². The Morgan fingerprint density at radius 1 is 0.833 bits per heavy atom. The van der Waals surface area contributed by atoms with Crippen LogP contribution in [0.4, 0.5) is 11.4 Å². The van der Waals surface area contributed by atoms with Crippen molar-refractivity contribution in [3.8, 4) is 38.1 Å². The molecule has 0 spiro atoms. The van der Waals surface area contributed by atoms with E-state index in [2.05, 4.69) is 135 Å². The van der Waals surface area contributed by atoms with E-state index in [-0.39, 0.29) is 30.8 Å². The summed E-state index contributed by atoms with van der Waals surface area (Å²) in [5.74, 6) is 1.06. The van der Waals surface area contributed by atoms with E-state index in [9.17, 15) is 15.2 Å². The lowest BCUT2D eigenvalue weighted by Crippen LogP contribution is -2.46. The predicted molar refractivity (Wildman–Crippen MR) is 243 cm³/mol. The van der Waals surface area contributed by atoms with Crippen LogP contribution in [0.25, 0.3) is 46.6 Å². The predicted octanol–water partition coefficient (Wildman–Crippen LogP) is 9.64. The number of rotatable bonds is 9. The molecular weight excluding hydrogens is 791 g/mol. The van der Waals surface area contributed by atoms with Crippen LogP contribution in [-0.4, -0.2) is 56.7 Å². The number of ether oxygens (including phenoxy) is 2. The number of carboxylic acids is 1. The minimum absolute atomic E-state index is 0.0498. The highest BCUT2D eigenvalue weighted by molar-refractivity contribution is 7.23. The van der Waals surface area contributed by atoms with E-state index >= 15 is 0 Å². The van der Waals surface area contributed by atoms with Crippen LogP contribution in [0.1, 0.15) is 56.9 Å². The third-order valence-electron chi connectivity index (χ3n) is 13.0. The second-order valence-corrected chi connectivity index (χ2v) is 18.9. The number of carboxylic acid groups (broad SMARTS) is 1. The Hall–Kier alpha value is -5.72. The number of fused-ring (bicyclic) bond motifs is 12. The lowest BCUT2D eigenvalue weighted by Gasteiger charge is -2.43. The largest absolute Gasteiger partial charge is 0.489 e. The van der Waals surface area contributed by atoms with Gasteiger partial charge in [-0.3, -0.25) is 10.1 Å². The molecule has 0 bridgehead atoms. The summed E-state index contributed by atoms with van der Waals surface area (Å²) in [4.78, 5) is 23.0. The van der Waals surface area contributed by atoms with Crippen LogP contribution in [0, 0.1) is 0 Å².